The molecule has 174 valence electrons. The van der Waals surface area contributed by atoms with Crippen molar-refractivity contribution >= 4 is 5.96 Å². The number of nitrogens with zero attached hydrogens (tertiary/aromatic N) is 1. The molecule has 2 aliphatic heterocycles. The fraction of sp³-hybridized carbons (Fsp3) is 0.720. The predicted octanol–water partition coefficient (Wildman–Crippen LogP) is 3.75. The van der Waals surface area contributed by atoms with Crippen molar-refractivity contribution in [3.8, 4) is 5.75 Å². The lowest BCUT2D eigenvalue weighted by atomic mass is 9.74. The third-order valence-corrected chi connectivity index (χ3v) is 6.80. The fourth-order valence-corrected chi connectivity index (χ4v) is 4.99. The van der Waals surface area contributed by atoms with Gasteiger partial charge in [0.25, 0.3) is 0 Å². The first-order valence-electron chi connectivity index (χ1n) is 11.7. The summed E-state index contributed by atoms with van der Waals surface area (Å²) in [5.41, 5.74) is 1.50. The zero-order chi connectivity index (χ0) is 22.3. The molecule has 0 aromatic heterocycles. The minimum atomic E-state index is 0.0318. The van der Waals surface area contributed by atoms with E-state index in [2.05, 4.69) is 60.7 Å². The second-order valence-electron chi connectivity index (χ2n) is 9.99. The second-order valence-corrected chi connectivity index (χ2v) is 9.99. The molecule has 2 atom stereocenters. The highest BCUT2D eigenvalue weighted by Crippen LogP contribution is 2.35. The maximum Gasteiger partial charge on any atom is 0.191 e. The summed E-state index contributed by atoms with van der Waals surface area (Å²) in [6.45, 7) is 11.0. The van der Waals surface area contributed by atoms with Crippen molar-refractivity contribution in [1.82, 2.24) is 10.6 Å². The first-order chi connectivity index (χ1) is 14.9. The standard InChI is InChI=1S/C25H41N3O3/c1-24(2,3)22-19(7-6-14-31-22)17-27-23(26-4)28-18-25(12-15-30-16-13-25)20-8-10-21(29-5)11-9-20/h8-11,19,22H,6-7,12-18H2,1-5H3,(H2,26,27,28). The predicted molar refractivity (Wildman–Crippen MR) is 126 cm³/mol. The molecule has 2 heterocycles. The molecule has 2 saturated heterocycles. The molecule has 0 radical (unpaired) electrons. The zero-order valence-electron chi connectivity index (χ0n) is 20.0. The molecule has 3 rings (SSSR count). The summed E-state index contributed by atoms with van der Waals surface area (Å²) < 4.78 is 17.2. The number of ether oxygens (including phenoxy) is 3. The lowest BCUT2D eigenvalue weighted by Crippen LogP contribution is -2.50. The Morgan fingerprint density at radius 3 is 2.45 bits per heavy atom. The van der Waals surface area contributed by atoms with Crippen molar-refractivity contribution in [2.24, 2.45) is 16.3 Å². The zero-order valence-corrected chi connectivity index (χ0v) is 20.0. The molecule has 6 nitrogen and oxygen atoms in total. The van der Waals surface area contributed by atoms with Gasteiger partial charge in [-0.15, -0.1) is 0 Å². The van der Waals surface area contributed by atoms with Gasteiger partial charge in [0, 0.05) is 51.3 Å². The van der Waals surface area contributed by atoms with Crippen molar-refractivity contribution in [1.29, 1.82) is 0 Å². The van der Waals surface area contributed by atoms with Crippen molar-refractivity contribution in [2.45, 2.75) is 58.0 Å². The molecule has 0 saturated carbocycles. The van der Waals surface area contributed by atoms with Gasteiger partial charge in [0.1, 0.15) is 5.75 Å². The normalized spacial score (nSPS) is 24.5. The number of benzene rings is 1. The van der Waals surface area contributed by atoms with Crippen LogP contribution in [0.15, 0.2) is 29.3 Å². The van der Waals surface area contributed by atoms with Crippen LogP contribution in [-0.4, -0.2) is 59.1 Å². The van der Waals surface area contributed by atoms with Gasteiger partial charge in [-0.05, 0) is 48.8 Å². The Balaban J connectivity index is 1.63. The van der Waals surface area contributed by atoms with Gasteiger partial charge >= 0.3 is 0 Å². The average Bonchev–Trinajstić information content (AvgIpc) is 2.79. The molecule has 2 fully saturated rings. The van der Waals surface area contributed by atoms with Crippen LogP contribution in [0, 0.1) is 11.3 Å². The maximum absolute atomic E-state index is 6.14. The second kappa shape index (κ2) is 10.7. The van der Waals surface area contributed by atoms with Gasteiger partial charge in [-0.2, -0.15) is 0 Å². The minimum absolute atomic E-state index is 0.0318. The van der Waals surface area contributed by atoms with E-state index in [1.165, 1.54) is 12.0 Å². The van der Waals surface area contributed by atoms with E-state index in [1.54, 1.807) is 7.11 Å². The number of hydrogen-bond donors (Lipinski definition) is 2. The van der Waals surface area contributed by atoms with Gasteiger partial charge in [-0.25, -0.2) is 0 Å². The van der Waals surface area contributed by atoms with E-state index < -0.39 is 0 Å². The third kappa shape index (κ3) is 6.13. The third-order valence-electron chi connectivity index (χ3n) is 6.80. The van der Waals surface area contributed by atoms with Crippen LogP contribution in [0.25, 0.3) is 0 Å². The Hall–Kier alpha value is -1.79. The van der Waals surface area contributed by atoms with Crippen LogP contribution < -0.4 is 15.4 Å². The highest BCUT2D eigenvalue weighted by Gasteiger charge is 2.36. The Labute approximate surface area is 188 Å². The smallest absolute Gasteiger partial charge is 0.191 e. The first kappa shape index (κ1) is 23.9. The molecule has 0 bridgehead atoms. The SMILES string of the molecule is CN=C(NCC1CCCOC1C(C)(C)C)NCC1(c2ccc(OC)cc2)CCOCC1. The molecule has 31 heavy (non-hydrogen) atoms. The van der Waals surface area contributed by atoms with Gasteiger partial charge in [0.2, 0.25) is 0 Å². The van der Waals surface area contributed by atoms with Crippen LogP contribution in [0.3, 0.4) is 0 Å². The summed E-state index contributed by atoms with van der Waals surface area (Å²) in [6.07, 6.45) is 4.58. The lowest BCUT2D eigenvalue weighted by molar-refractivity contribution is -0.0835. The van der Waals surface area contributed by atoms with Gasteiger partial charge in [0.15, 0.2) is 5.96 Å². The molecule has 2 N–H and O–H groups in total. The quantitative estimate of drug-likeness (QED) is 0.531. The summed E-state index contributed by atoms with van der Waals surface area (Å²) in [7, 11) is 3.55. The van der Waals surface area contributed by atoms with Gasteiger partial charge in [0.05, 0.1) is 13.2 Å². The van der Waals surface area contributed by atoms with Crippen molar-refractivity contribution in [3.63, 3.8) is 0 Å². The van der Waals surface area contributed by atoms with Crippen molar-refractivity contribution in [2.75, 3.05) is 47.1 Å². The van der Waals surface area contributed by atoms with E-state index in [0.29, 0.717) is 5.92 Å². The van der Waals surface area contributed by atoms with E-state index >= 15 is 0 Å². The maximum atomic E-state index is 6.14. The number of hydrogen-bond acceptors (Lipinski definition) is 4. The average molecular weight is 432 g/mol. The van der Waals surface area contributed by atoms with E-state index in [-0.39, 0.29) is 16.9 Å². The molecule has 2 unspecified atom stereocenters. The number of rotatable bonds is 6. The Kier molecular flexibility index (Phi) is 8.23. The topological polar surface area (TPSA) is 64.1 Å². The summed E-state index contributed by atoms with van der Waals surface area (Å²) in [6, 6.07) is 8.48. The van der Waals surface area contributed by atoms with Gasteiger partial charge in [-0.3, -0.25) is 4.99 Å². The Morgan fingerprint density at radius 2 is 1.84 bits per heavy atom. The summed E-state index contributed by atoms with van der Waals surface area (Å²) in [5, 5.41) is 7.19. The first-order valence-corrected chi connectivity index (χ1v) is 11.7. The molecule has 2 aliphatic rings. The molecule has 1 aromatic carbocycles. The molecule has 0 amide bonds. The van der Waals surface area contributed by atoms with E-state index in [1.807, 2.05) is 7.05 Å². The van der Waals surface area contributed by atoms with Crippen LogP contribution >= 0.6 is 0 Å². The number of guanidine groups is 1. The molecular formula is C25H41N3O3. The van der Waals surface area contributed by atoms with Gasteiger partial charge < -0.3 is 24.8 Å². The van der Waals surface area contributed by atoms with Crippen LogP contribution in [-0.2, 0) is 14.9 Å². The van der Waals surface area contributed by atoms with Gasteiger partial charge in [-0.1, -0.05) is 32.9 Å². The van der Waals surface area contributed by atoms with Crippen LogP contribution in [0.4, 0.5) is 0 Å². The molecule has 1 aromatic rings. The largest absolute Gasteiger partial charge is 0.497 e. The Morgan fingerprint density at radius 1 is 1.13 bits per heavy atom. The summed E-state index contributed by atoms with van der Waals surface area (Å²) in [4.78, 5) is 4.50. The monoisotopic (exact) mass is 431 g/mol. The molecular weight excluding hydrogens is 390 g/mol. The number of aliphatic imine (C=N–C) groups is 1. The fourth-order valence-electron chi connectivity index (χ4n) is 4.99. The number of nitrogens with one attached hydrogen (secondary N) is 2. The molecule has 0 spiro atoms. The van der Waals surface area contributed by atoms with Crippen LogP contribution in [0.2, 0.25) is 0 Å². The molecule has 0 aliphatic carbocycles. The summed E-state index contributed by atoms with van der Waals surface area (Å²) >= 11 is 0. The highest BCUT2D eigenvalue weighted by molar-refractivity contribution is 5.79. The van der Waals surface area contributed by atoms with Crippen molar-refractivity contribution < 1.29 is 14.2 Å². The van der Waals surface area contributed by atoms with Crippen molar-refractivity contribution in [3.05, 3.63) is 29.8 Å². The van der Waals surface area contributed by atoms with Crippen LogP contribution in [0.1, 0.15) is 52.0 Å². The highest BCUT2D eigenvalue weighted by atomic mass is 16.5. The molecule has 6 heteroatoms. The summed E-state index contributed by atoms with van der Waals surface area (Å²) in [5.74, 6) is 2.24. The van der Waals surface area contributed by atoms with E-state index in [4.69, 9.17) is 14.2 Å². The van der Waals surface area contributed by atoms with Crippen LogP contribution in [0.5, 0.6) is 5.75 Å². The van der Waals surface area contributed by atoms with E-state index in [9.17, 15) is 0 Å². The minimum Gasteiger partial charge on any atom is -0.497 e. The Bertz CT molecular complexity index is 706. The van der Waals surface area contributed by atoms with E-state index in [0.717, 1.165) is 63.9 Å². The lowest BCUT2D eigenvalue weighted by Gasteiger charge is -2.41. The number of methoxy groups -OCH3 is 1.